The van der Waals surface area contributed by atoms with Crippen LogP contribution in [0, 0.1) is 0 Å². The van der Waals surface area contributed by atoms with Gasteiger partial charge in [-0.05, 0) is 80.0 Å². The fraction of sp³-hybridized carbons (Fsp3) is 0.500. The molecule has 2 aromatic rings. The van der Waals surface area contributed by atoms with Crippen molar-refractivity contribution in [2.45, 2.75) is 63.9 Å². The van der Waals surface area contributed by atoms with Gasteiger partial charge in [-0.15, -0.1) is 12.4 Å². The highest BCUT2D eigenvalue weighted by Gasteiger charge is 2.21. The first-order valence-electron chi connectivity index (χ1n) is 9.69. The zero-order valence-corrected chi connectivity index (χ0v) is 16.1. The first-order chi connectivity index (χ1) is 12.3. The van der Waals surface area contributed by atoms with Crippen LogP contribution in [0.1, 0.15) is 60.1 Å². The molecule has 1 N–H and O–H groups in total. The number of aliphatic hydroxyl groups excluding tert-OH is 1. The minimum atomic E-state index is 0. The zero-order valence-electron chi connectivity index (χ0n) is 15.2. The van der Waals surface area contributed by atoms with Gasteiger partial charge in [0.1, 0.15) is 6.10 Å². The molecular formula is C22H28ClNO2. The maximum Gasteiger partial charge on any atom is 0.214 e. The minimum Gasteiger partial charge on any atom is -0.474 e. The monoisotopic (exact) mass is 373 g/mol. The van der Waals surface area contributed by atoms with Crippen molar-refractivity contribution in [3.05, 3.63) is 58.3 Å². The molecule has 4 heteroatoms. The van der Waals surface area contributed by atoms with Crippen molar-refractivity contribution in [1.82, 2.24) is 4.98 Å². The number of fused-ring (bicyclic) bond motifs is 1. The van der Waals surface area contributed by atoms with Crippen LogP contribution < -0.4 is 4.74 Å². The number of ether oxygens (including phenoxy) is 1. The summed E-state index contributed by atoms with van der Waals surface area (Å²) in [6, 6.07) is 10.8. The van der Waals surface area contributed by atoms with Crippen LogP contribution in [-0.2, 0) is 25.7 Å². The quantitative estimate of drug-likeness (QED) is 0.813. The molecule has 0 aliphatic heterocycles. The van der Waals surface area contributed by atoms with Crippen molar-refractivity contribution in [2.24, 2.45) is 0 Å². The molecule has 1 aromatic carbocycles. The summed E-state index contributed by atoms with van der Waals surface area (Å²) in [6.45, 7) is 0.207. The van der Waals surface area contributed by atoms with Crippen LogP contribution >= 0.6 is 12.4 Å². The Morgan fingerprint density at radius 1 is 1.00 bits per heavy atom. The molecule has 1 saturated carbocycles. The fourth-order valence-corrected chi connectivity index (χ4v) is 4.17. The molecule has 0 saturated heterocycles. The van der Waals surface area contributed by atoms with E-state index in [0.29, 0.717) is 6.10 Å². The van der Waals surface area contributed by atoms with E-state index in [0.717, 1.165) is 31.6 Å². The van der Waals surface area contributed by atoms with Gasteiger partial charge in [0, 0.05) is 18.4 Å². The van der Waals surface area contributed by atoms with Crippen molar-refractivity contribution in [2.75, 3.05) is 6.61 Å². The number of rotatable bonds is 6. The largest absolute Gasteiger partial charge is 0.474 e. The second kappa shape index (κ2) is 8.88. The maximum absolute atomic E-state index is 9.06. The van der Waals surface area contributed by atoms with E-state index < -0.39 is 0 Å². The third kappa shape index (κ3) is 4.39. The molecule has 3 nitrogen and oxygen atoms in total. The van der Waals surface area contributed by atoms with Gasteiger partial charge in [0.2, 0.25) is 5.88 Å². The molecule has 1 fully saturated rings. The van der Waals surface area contributed by atoms with Gasteiger partial charge in [0.05, 0.1) is 0 Å². The van der Waals surface area contributed by atoms with Gasteiger partial charge >= 0.3 is 0 Å². The predicted octanol–water partition coefficient (Wildman–Crippen LogP) is 4.44. The smallest absolute Gasteiger partial charge is 0.214 e. The van der Waals surface area contributed by atoms with Gasteiger partial charge < -0.3 is 9.84 Å². The van der Waals surface area contributed by atoms with Crippen LogP contribution in [0.15, 0.2) is 30.3 Å². The van der Waals surface area contributed by atoms with Crippen LogP contribution in [0.3, 0.4) is 0 Å². The lowest BCUT2D eigenvalue weighted by Gasteiger charge is -2.16. The molecule has 0 radical (unpaired) electrons. The highest BCUT2D eigenvalue weighted by Crippen LogP contribution is 2.31. The molecule has 2 aliphatic carbocycles. The van der Waals surface area contributed by atoms with E-state index in [-0.39, 0.29) is 19.0 Å². The molecule has 26 heavy (non-hydrogen) atoms. The van der Waals surface area contributed by atoms with Crippen molar-refractivity contribution in [1.29, 1.82) is 0 Å². The predicted molar refractivity (Wildman–Crippen MR) is 106 cm³/mol. The molecule has 140 valence electrons. The van der Waals surface area contributed by atoms with E-state index >= 15 is 0 Å². The second-order valence-corrected chi connectivity index (χ2v) is 7.39. The van der Waals surface area contributed by atoms with Crippen molar-refractivity contribution in [3.63, 3.8) is 0 Å². The Hall–Kier alpha value is -1.58. The lowest BCUT2D eigenvalue weighted by Crippen LogP contribution is -2.13. The van der Waals surface area contributed by atoms with Crippen LogP contribution in [0.25, 0.3) is 0 Å². The lowest BCUT2D eigenvalue weighted by atomic mass is 9.98. The van der Waals surface area contributed by atoms with E-state index in [4.69, 9.17) is 14.8 Å². The average Bonchev–Trinajstić information content (AvgIpc) is 3.28. The van der Waals surface area contributed by atoms with Gasteiger partial charge in [0.25, 0.3) is 0 Å². The molecule has 2 aliphatic rings. The summed E-state index contributed by atoms with van der Waals surface area (Å²) in [6.07, 6.45) is 10.3. The normalized spacial score (nSPS) is 16.3. The third-order valence-corrected chi connectivity index (χ3v) is 5.53. The van der Waals surface area contributed by atoms with Crippen LogP contribution in [0.2, 0.25) is 0 Å². The summed E-state index contributed by atoms with van der Waals surface area (Å²) in [5.41, 5.74) is 6.58. The second-order valence-electron chi connectivity index (χ2n) is 7.39. The van der Waals surface area contributed by atoms with Crippen LogP contribution in [-0.4, -0.2) is 22.8 Å². The molecule has 1 heterocycles. The molecule has 4 rings (SSSR count). The Morgan fingerprint density at radius 2 is 1.73 bits per heavy atom. The molecular weight excluding hydrogens is 346 g/mol. The molecule has 0 unspecified atom stereocenters. The fourth-order valence-electron chi connectivity index (χ4n) is 4.17. The van der Waals surface area contributed by atoms with E-state index in [1.807, 2.05) is 0 Å². The lowest BCUT2D eigenvalue weighted by molar-refractivity contribution is 0.201. The number of aryl methyl sites for hydroxylation is 1. The summed E-state index contributed by atoms with van der Waals surface area (Å²) in [5.74, 6) is 0.833. The number of halogens is 1. The van der Waals surface area contributed by atoms with Gasteiger partial charge in [-0.25, -0.2) is 4.98 Å². The van der Waals surface area contributed by atoms with Gasteiger partial charge in [-0.1, -0.05) is 24.3 Å². The zero-order chi connectivity index (χ0) is 17.1. The maximum atomic E-state index is 9.06. The Balaban J connectivity index is 0.00000196. The number of benzene rings is 1. The standard InChI is InChI=1S/C22H27NO2.ClH/c24-13-12-16-8-10-17(11-9-16)14-18-15-22(25-19-4-1-2-5-19)23-21-7-3-6-20(18)21;/h8-11,15,19,24H,1-7,12-14H2;1H. The highest BCUT2D eigenvalue weighted by atomic mass is 35.5. The number of hydrogen-bond donors (Lipinski definition) is 1. The van der Waals surface area contributed by atoms with E-state index in [9.17, 15) is 0 Å². The van der Waals surface area contributed by atoms with Crippen LogP contribution in [0.5, 0.6) is 5.88 Å². The number of aromatic nitrogens is 1. The molecule has 0 spiro atoms. The first-order valence-corrected chi connectivity index (χ1v) is 9.69. The third-order valence-electron chi connectivity index (χ3n) is 5.53. The summed E-state index contributed by atoms with van der Waals surface area (Å²) in [5, 5.41) is 9.06. The summed E-state index contributed by atoms with van der Waals surface area (Å²) in [7, 11) is 0. The first kappa shape index (κ1) is 19.2. The number of aliphatic hydroxyl groups is 1. The average molecular weight is 374 g/mol. The SMILES string of the molecule is Cl.OCCc1ccc(Cc2cc(OC3CCCC3)nc3c2CCC3)cc1. The van der Waals surface area contributed by atoms with Crippen molar-refractivity contribution in [3.8, 4) is 5.88 Å². The Labute approximate surface area is 162 Å². The van der Waals surface area contributed by atoms with Crippen molar-refractivity contribution < 1.29 is 9.84 Å². The Morgan fingerprint density at radius 3 is 2.46 bits per heavy atom. The molecule has 1 aromatic heterocycles. The Kier molecular flexibility index (Phi) is 6.55. The number of hydrogen-bond acceptors (Lipinski definition) is 3. The van der Waals surface area contributed by atoms with Gasteiger partial charge in [-0.2, -0.15) is 0 Å². The molecule has 0 bridgehead atoms. The summed E-state index contributed by atoms with van der Waals surface area (Å²) >= 11 is 0. The van der Waals surface area contributed by atoms with E-state index in [2.05, 4.69) is 30.3 Å². The number of pyridine rings is 1. The van der Waals surface area contributed by atoms with Gasteiger partial charge in [0.15, 0.2) is 0 Å². The minimum absolute atomic E-state index is 0. The van der Waals surface area contributed by atoms with Crippen molar-refractivity contribution >= 4 is 12.4 Å². The van der Waals surface area contributed by atoms with E-state index in [1.165, 1.54) is 60.1 Å². The summed E-state index contributed by atoms with van der Waals surface area (Å²) in [4.78, 5) is 4.81. The molecule has 0 atom stereocenters. The van der Waals surface area contributed by atoms with E-state index in [1.54, 1.807) is 0 Å². The van der Waals surface area contributed by atoms with Crippen LogP contribution in [0.4, 0.5) is 0 Å². The molecule has 0 amide bonds. The van der Waals surface area contributed by atoms with Gasteiger partial charge in [-0.3, -0.25) is 0 Å². The topological polar surface area (TPSA) is 42.4 Å². The highest BCUT2D eigenvalue weighted by molar-refractivity contribution is 5.85. The number of nitrogens with zero attached hydrogens (tertiary/aromatic N) is 1. The Bertz CT molecular complexity index is 724. The summed E-state index contributed by atoms with van der Waals surface area (Å²) < 4.78 is 6.19.